The van der Waals surface area contributed by atoms with Gasteiger partial charge in [-0.15, -0.1) is 0 Å². The second kappa shape index (κ2) is 20.4. The first-order chi connectivity index (χ1) is 29.3. The van der Waals surface area contributed by atoms with Crippen LogP contribution >= 0.6 is 0 Å². The summed E-state index contributed by atoms with van der Waals surface area (Å²) in [6.45, 7) is 6.65. The highest BCUT2D eigenvalue weighted by Gasteiger charge is 2.56. The summed E-state index contributed by atoms with van der Waals surface area (Å²) < 4.78 is 52.8. The highest BCUT2D eigenvalue weighted by Crippen LogP contribution is 2.46. The molecule has 0 amide bonds. The maximum atomic E-state index is 12.9. The minimum absolute atomic E-state index is 0.0166. The molecule has 0 bridgehead atoms. The molecule has 2 spiro atoms. The number of hydrogen-bond acceptors (Lipinski definition) is 20. The molecule has 2 unspecified atom stereocenters. The van der Waals surface area contributed by atoms with Crippen LogP contribution in [-0.4, -0.2) is 94.8 Å². The number of allylic oxidation sites excluding steroid dienone is 8. The van der Waals surface area contributed by atoms with Crippen LogP contribution < -0.4 is 0 Å². The van der Waals surface area contributed by atoms with Crippen LogP contribution in [0.2, 0.25) is 0 Å². The molecule has 2 fully saturated rings. The number of cyclic esters (lactones) is 1. The van der Waals surface area contributed by atoms with Crippen molar-refractivity contribution in [2.45, 2.75) is 103 Å². The van der Waals surface area contributed by atoms with Crippen LogP contribution in [0.1, 0.15) is 79.6 Å². The first-order valence-corrected chi connectivity index (χ1v) is 19.1. The van der Waals surface area contributed by atoms with E-state index in [-0.39, 0.29) is 81.4 Å². The monoisotopic (exact) mass is 870 g/mol. The molecule has 1 saturated carbocycles. The normalized spacial score (nSPS) is 25.2. The van der Waals surface area contributed by atoms with E-state index in [1.54, 1.807) is 6.92 Å². The lowest BCUT2D eigenvalue weighted by atomic mass is 9.87. The Bertz CT molecular complexity index is 2050. The molecule has 0 aromatic carbocycles. The van der Waals surface area contributed by atoms with Crippen molar-refractivity contribution in [1.82, 2.24) is 0 Å². The van der Waals surface area contributed by atoms with E-state index in [0.717, 1.165) is 6.08 Å². The van der Waals surface area contributed by atoms with Crippen LogP contribution in [0.3, 0.4) is 0 Å². The first-order valence-electron chi connectivity index (χ1n) is 19.1. The lowest BCUT2D eigenvalue weighted by molar-refractivity contribution is -0.297. The van der Waals surface area contributed by atoms with E-state index in [2.05, 4.69) is 0 Å². The number of rotatable bonds is 17. The lowest BCUT2D eigenvalue weighted by Crippen LogP contribution is -2.54. The van der Waals surface area contributed by atoms with Gasteiger partial charge in [-0.25, -0.2) is 24.0 Å². The second-order valence-corrected chi connectivity index (χ2v) is 14.1. The van der Waals surface area contributed by atoms with Gasteiger partial charge in [-0.1, -0.05) is 49.5 Å². The van der Waals surface area contributed by atoms with Crippen LogP contribution in [0.4, 0.5) is 0 Å². The Morgan fingerprint density at radius 2 is 1.21 bits per heavy atom. The minimum Gasteiger partial charge on any atom is -0.480 e. The van der Waals surface area contributed by atoms with E-state index in [9.17, 15) is 48.6 Å². The summed E-state index contributed by atoms with van der Waals surface area (Å²) >= 11 is 0. The number of carbonyl (C=O) groups is 8. The average molecular weight is 871 g/mol. The Morgan fingerprint density at radius 3 is 1.74 bits per heavy atom. The van der Waals surface area contributed by atoms with Crippen molar-refractivity contribution in [3.8, 4) is 0 Å². The second-order valence-electron chi connectivity index (χ2n) is 14.1. The molecule has 0 radical (unpaired) electrons. The summed E-state index contributed by atoms with van der Waals surface area (Å²) in [5, 5.41) is 21.0. The van der Waals surface area contributed by atoms with Crippen LogP contribution in [0.25, 0.3) is 0 Å². The molecule has 2 atom stereocenters. The van der Waals surface area contributed by atoms with E-state index in [0.29, 0.717) is 0 Å². The maximum Gasteiger partial charge on any atom is 0.348 e. The van der Waals surface area contributed by atoms with Gasteiger partial charge in [0, 0.05) is 58.4 Å². The van der Waals surface area contributed by atoms with Gasteiger partial charge < -0.3 is 57.6 Å². The molecule has 4 rings (SSSR count). The predicted molar refractivity (Wildman–Crippen MR) is 205 cm³/mol. The standard InChI is InChI=1S/C42H46O20/c1-6-40(22-24-54-28(4)45)57-33(47)29(34(48)58-40)15-11-8-12-16-31-37(51)61-42(62-38(31)52)19-17-41(18-20-42)59-35(49)30(36(50)60-41)14-10-7-9-13-26(2)32(46)56-39(5,55-25-43)21-23-53-27(3)44/h7-16,25,47,49H,6,17-24H2,1-5H3/b9-7?,12-8+,14-10?,15-11+,26-13?,31-16?. The molecule has 1 aliphatic carbocycles. The molecule has 3 heterocycles. The van der Waals surface area contributed by atoms with Crippen molar-refractivity contribution in [3.63, 3.8) is 0 Å². The summed E-state index contributed by atoms with van der Waals surface area (Å²) in [6, 6.07) is 0. The van der Waals surface area contributed by atoms with Gasteiger partial charge in [-0.05, 0) is 25.2 Å². The van der Waals surface area contributed by atoms with Gasteiger partial charge in [-0.3, -0.25) is 14.4 Å². The summed E-state index contributed by atoms with van der Waals surface area (Å²) in [4.78, 5) is 96.9. The van der Waals surface area contributed by atoms with Crippen LogP contribution in [-0.2, 0) is 85.7 Å². The third-order valence-corrected chi connectivity index (χ3v) is 9.49. The molecule has 0 aromatic rings. The van der Waals surface area contributed by atoms with Gasteiger partial charge in [0.25, 0.3) is 41.5 Å². The van der Waals surface area contributed by atoms with E-state index >= 15 is 0 Å². The van der Waals surface area contributed by atoms with Crippen molar-refractivity contribution in [3.05, 3.63) is 94.9 Å². The summed E-state index contributed by atoms with van der Waals surface area (Å²) in [5.41, 5.74) is -0.976. The summed E-state index contributed by atoms with van der Waals surface area (Å²) in [6.07, 6.45) is 12.5. The quantitative estimate of drug-likeness (QED) is 0.0393. The van der Waals surface area contributed by atoms with E-state index in [1.807, 2.05) is 0 Å². The van der Waals surface area contributed by atoms with Crippen molar-refractivity contribution >= 4 is 48.3 Å². The molecule has 4 aliphatic rings. The van der Waals surface area contributed by atoms with Crippen molar-refractivity contribution < 1.29 is 95.9 Å². The molecule has 2 N–H and O–H groups in total. The number of aliphatic hydroxyl groups is 2. The molecule has 334 valence electrons. The van der Waals surface area contributed by atoms with Crippen LogP contribution in [0.15, 0.2) is 94.9 Å². The van der Waals surface area contributed by atoms with Gasteiger partial charge in [0.15, 0.2) is 0 Å². The molecule has 20 nitrogen and oxygen atoms in total. The Labute approximate surface area is 354 Å². The first kappa shape index (κ1) is 47.6. The van der Waals surface area contributed by atoms with E-state index in [1.165, 1.54) is 82.4 Å². The van der Waals surface area contributed by atoms with E-state index < -0.39 is 82.4 Å². The lowest BCUT2D eigenvalue weighted by Gasteiger charge is -2.46. The topological polar surface area (TPSA) is 269 Å². The van der Waals surface area contributed by atoms with Gasteiger partial charge in [-0.2, -0.15) is 0 Å². The zero-order chi connectivity index (χ0) is 45.7. The third kappa shape index (κ3) is 12.5. The number of aliphatic hydroxyl groups excluding tert-OH is 2. The van der Waals surface area contributed by atoms with Crippen molar-refractivity contribution in [2.24, 2.45) is 0 Å². The predicted octanol–water partition coefficient (Wildman–Crippen LogP) is 4.28. The Kier molecular flexibility index (Phi) is 15.7. The Morgan fingerprint density at radius 1 is 0.694 bits per heavy atom. The largest absolute Gasteiger partial charge is 0.480 e. The molecule has 20 heteroatoms. The van der Waals surface area contributed by atoms with Gasteiger partial charge in [0.1, 0.15) is 16.7 Å². The highest BCUT2D eigenvalue weighted by atomic mass is 16.8. The smallest absolute Gasteiger partial charge is 0.348 e. The van der Waals surface area contributed by atoms with Gasteiger partial charge in [0.2, 0.25) is 0 Å². The van der Waals surface area contributed by atoms with Crippen molar-refractivity contribution in [2.75, 3.05) is 13.2 Å². The maximum absolute atomic E-state index is 12.9. The summed E-state index contributed by atoms with van der Waals surface area (Å²) in [5.74, 6) is -13.7. The fraction of sp³-hybridized carbons (Fsp3) is 0.429. The number of ether oxygens (including phenoxy) is 10. The van der Waals surface area contributed by atoms with E-state index in [4.69, 9.17) is 47.4 Å². The van der Waals surface area contributed by atoms with Gasteiger partial charge >= 0.3 is 41.8 Å². The molecular formula is C42H46O20. The van der Waals surface area contributed by atoms with Gasteiger partial charge in [0.05, 0.1) is 26.1 Å². The molecule has 3 aliphatic heterocycles. The Hall–Kier alpha value is -7.12. The third-order valence-electron chi connectivity index (χ3n) is 9.49. The fourth-order valence-electron chi connectivity index (χ4n) is 6.03. The number of esters is 7. The number of hydrogen-bond donors (Lipinski definition) is 2. The molecule has 0 aromatic heterocycles. The van der Waals surface area contributed by atoms with Crippen LogP contribution in [0, 0.1) is 0 Å². The highest BCUT2D eigenvalue weighted by molar-refractivity contribution is 6.15. The Balaban J connectivity index is 1.29. The van der Waals surface area contributed by atoms with Crippen LogP contribution in [0.5, 0.6) is 0 Å². The fourth-order valence-corrected chi connectivity index (χ4v) is 6.03. The minimum atomic E-state index is -1.69. The average Bonchev–Trinajstić information content (AvgIpc) is 3.18. The summed E-state index contributed by atoms with van der Waals surface area (Å²) in [7, 11) is 0. The number of carbonyl (C=O) groups excluding carboxylic acids is 8. The molecule has 62 heavy (non-hydrogen) atoms. The zero-order valence-corrected chi connectivity index (χ0v) is 34.5. The SMILES string of the molecule is CCC1(CCOC(C)=O)OC(=O)C(/C=C/C=C/C=C2C(=O)OC3(CCC4(CC3)OC(=O)C(C=CC=CC=C(C)C(=O)OC(C)(CCOC(C)=O)OC=O)=C(O)O4)OC2=O)=C(O)O1. The zero-order valence-electron chi connectivity index (χ0n) is 34.5. The molecular weight excluding hydrogens is 824 g/mol. The van der Waals surface area contributed by atoms with Crippen molar-refractivity contribution in [1.29, 1.82) is 0 Å². The molecule has 1 saturated heterocycles.